The number of ether oxygens (including phenoxy) is 1. The van der Waals surface area contributed by atoms with E-state index in [1.807, 2.05) is 6.92 Å². The summed E-state index contributed by atoms with van der Waals surface area (Å²) in [5, 5.41) is 0. The fourth-order valence-electron chi connectivity index (χ4n) is 1.25. The molecule has 1 rings (SSSR count). The number of ketones is 1. The average molecular weight is 221 g/mol. The van der Waals surface area contributed by atoms with Gasteiger partial charge in [0.15, 0.2) is 11.9 Å². The molecule has 0 spiro atoms. The number of benzene rings is 1. The summed E-state index contributed by atoms with van der Waals surface area (Å²) < 4.78 is 5.36. The third-order valence-electron chi connectivity index (χ3n) is 2.29. The van der Waals surface area contributed by atoms with E-state index in [1.54, 1.807) is 25.1 Å². The van der Waals surface area contributed by atoms with E-state index in [4.69, 9.17) is 10.5 Å². The van der Waals surface area contributed by atoms with Gasteiger partial charge in [-0.05, 0) is 44.5 Å². The van der Waals surface area contributed by atoms with Crippen molar-refractivity contribution < 1.29 is 14.3 Å². The molecule has 4 heteroatoms. The molecule has 1 aromatic rings. The summed E-state index contributed by atoms with van der Waals surface area (Å²) in [4.78, 5) is 22.0. The van der Waals surface area contributed by atoms with E-state index >= 15 is 0 Å². The lowest BCUT2D eigenvalue weighted by molar-refractivity contribution is -0.123. The summed E-state index contributed by atoms with van der Waals surface area (Å²) >= 11 is 0. The number of nitrogens with two attached hydrogens (primary N) is 1. The molecule has 1 atom stereocenters. The van der Waals surface area contributed by atoms with Crippen molar-refractivity contribution in [1.29, 1.82) is 0 Å². The summed E-state index contributed by atoms with van der Waals surface area (Å²) in [5.74, 6) is 0.0453. The van der Waals surface area contributed by atoms with Crippen LogP contribution < -0.4 is 10.5 Å². The Bertz CT molecular complexity index is 426. The van der Waals surface area contributed by atoms with Gasteiger partial charge in [-0.3, -0.25) is 9.59 Å². The third kappa shape index (κ3) is 2.82. The quantitative estimate of drug-likeness (QED) is 0.782. The topological polar surface area (TPSA) is 69.4 Å². The van der Waals surface area contributed by atoms with Crippen LogP contribution in [0.1, 0.15) is 29.8 Å². The number of aryl methyl sites for hydroxylation is 1. The highest BCUT2D eigenvalue weighted by molar-refractivity contribution is 5.94. The molecular formula is C12H15NO3. The van der Waals surface area contributed by atoms with Crippen LogP contribution in [0.15, 0.2) is 18.2 Å². The SMILES string of the molecule is CC(=O)c1ccc(OC(C)C(N)=O)c(C)c1. The molecule has 1 aromatic carbocycles. The minimum atomic E-state index is -0.679. The molecule has 0 heterocycles. The maximum absolute atomic E-state index is 11.1. The summed E-state index contributed by atoms with van der Waals surface area (Å²) in [6.45, 7) is 4.90. The minimum Gasteiger partial charge on any atom is -0.481 e. The summed E-state index contributed by atoms with van der Waals surface area (Å²) in [6, 6.07) is 5.06. The first-order chi connectivity index (χ1) is 7.41. The van der Waals surface area contributed by atoms with Crippen molar-refractivity contribution in [3.63, 3.8) is 0 Å². The van der Waals surface area contributed by atoms with Gasteiger partial charge in [0.1, 0.15) is 5.75 Å². The normalized spacial score (nSPS) is 11.9. The zero-order valence-corrected chi connectivity index (χ0v) is 9.61. The van der Waals surface area contributed by atoms with Crippen LogP contribution in [-0.2, 0) is 4.79 Å². The van der Waals surface area contributed by atoms with Gasteiger partial charge in [-0.1, -0.05) is 0 Å². The number of hydrogen-bond donors (Lipinski definition) is 1. The van der Waals surface area contributed by atoms with E-state index in [0.29, 0.717) is 11.3 Å². The highest BCUT2D eigenvalue weighted by Gasteiger charge is 2.12. The number of carbonyl (C=O) groups excluding carboxylic acids is 2. The predicted octanol–water partition coefficient (Wildman–Crippen LogP) is 1.45. The van der Waals surface area contributed by atoms with E-state index in [1.165, 1.54) is 6.92 Å². The molecule has 0 bridgehead atoms. The first-order valence-electron chi connectivity index (χ1n) is 4.99. The molecule has 1 unspecified atom stereocenters. The summed E-state index contributed by atoms with van der Waals surface area (Å²) in [5.41, 5.74) is 6.52. The molecule has 0 saturated carbocycles. The van der Waals surface area contributed by atoms with Gasteiger partial charge in [-0.15, -0.1) is 0 Å². The van der Waals surface area contributed by atoms with Gasteiger partial charge >= 0.3 is 0 Å². The van der Waals surface area contributed by atoms with Crippen LogP contribution in [-0.4, -0.2) is 17.8 Å². The number of hydrogen-bond acceptors (Lipinski definition) is 3. The standard InChI is InChI=1S/C12H15NO3/c1-7-6-10(8(2)14)4-5-11(7)16-9(3)12(13)15/h4-6,9H,1-3H3,(H2,13,15). The van der Waals surface area contributed by atoms with E-state index < -0.39 is 12.0 Å². The largest absolute Gasteiger partial charge is 0.481 e. The van der Waals surface area contributed by atoms with Crippen molar-refractivity contribution >= 4 is 11.7 Å². The van der Waals surface area contributed by atoms with Crippen LogP contribution in [0.4, 0.5) is 0 Å². The van der Waals surface area contributed by atoms with Crippen molar-refractivity contribution in [3.05, 3.63) is 29.3 Å². The second-order valence-corrected chi connectivity index (χ2v) is 3.70. The Morgan fingerprint density at radius 2 is 2.00 bits per heavy atom. The molecule has 86 valence electrons. The molecule has 16 heavy (non-hydrogen) atoms. The highest BCUT2D eigenvalue weighted by atomic mass is 16.5. The molecule has 0 aliphatic carbocycles. The molecule has 0 fully saturated rings. The van der Waals surface area contributed by atoms with Crippen molar-refractivity contribution in [1.82, 2.24) is 0 Å². The van der Waals surface area contributed by atoms with Crippen LogP contribution in [0.25, 0.3) is 0 Å². The number of primary amides is 1. The van der Waals surface area contributed by atoms with Crippen molar-refractivity contribution in [2.45, 2.75) is 26.9 Å². The lowest BCUT2D eigenvalue weighted by Gasteiger charge is -2.13. The fourth-order valence-corrected chi connectivity index (χ4v) is 1.25. The Labute approximate surface area is 94.4 Å². The summed E-state index contributed by atoms with van der Waals surface area (Å²) in [7, 11) is 0. The van der Waals surface area contributed by atoms with Crippen LogP contribution >= 0.6 is 0 Å². The molecule has 2 N–H and O–H groups in total. The molecule has 0 saturated heterocycles. The first-order valence-corrected chi connectivity index (χ1v) is 4.99. The number of carbonyl (C=O) groups is 2. The van der Waals surface area contributed by atoms with Gasteiger partial charge in [-0.25, -0.2) is 0 Å². The maximum atomic E-state index is 11.1. The molecule has 0 aromatic heterocycles. The summed E-state index contributed by atoms with van der Waals surface area (Å²) in [6.07, 6.45) is -0.679. The van der Waals surface area contributed by atoms with E-state index in [-0.39, 0.29) is 5.78 Å². The second kappa shape index (κ2) is 4.79. The molecule has 0 aliphatic rings. The Balaban J connectivity index is 2.91. The molecule has 0 aliphatic heterocycles. The molecule has 0 radical (unpaired) electrons. The Kier molecular flexibility index (Phi) is 3.66. The first kappa shape index (κ1) is 12.2. The lowest BCUT2D eigenvalue weighted by atomic mass is 10.1. The van der Waals surface area contributed by atoms with Crippen LogP contribution in [0.2, 0.25) is 0 Å². The van der Waals surface area contributed by atoms with Gasteiger partial charge in [0.05, 0.1) is 0 Å². The van der Waals surface area contributed by atoms with Gasteiger partial charge in [-0.2, -0.15) is 0 Å². The number of amides is 1. The van der Waals surface area contributed by atoms with Crippen molar-refractivity contribution in [2.24, 2.45) is 5.73 Å². The predicted molar refractivity (Wildman–Crippen MR) is 60.5 cm³/mol. The van der Waals surface area contributed by atoms with Crippen LogP contribution in [0.3, 0.4) is 0 Å². The molecular weight excluding hydrogens is 206 g/mol. The van der Waals surface area contributed by atoms with Gasteiger partial charge in [0.25, 0.3) is 5.91 Å². The zero-order chi connectivity index (χ0) is 12.3. The van der Waals surface area contributed by atoms with E-state index in [2.05, 4.69) is 0 Å². The Morgan fingerprint density at radius 3 is 2.44 bits per heavy atom. The van der Waals surface area contributed by atoms with E-state index in [0.717, 1.165) is 5.56 Å². The zero-order valence-electron chi connectivity index (χ0n) is 9.61. The van der Waals surface area contributed by atoms with Crippen molar-refractivity contribution in [3.8, 4) is 5.75 Å². The monoisotopic (exact) mass is 221 g/mol. The molecule has 4 nitrogen and oxygen atoms in total. The molecule has 1 amide bonds. The van der Waals surface area contributed by atoms with Crippen LogP contribution in [0.5, 0.6) is 5.75 Å². The fraction of sp³-hybridized carbons (Fsp3) is 0.333. The Morgan fingerprint density at radius 1 is 1.38 bits per heavy atom. The van der Waals surface area contributed by atoms with Gasteiger partial charge in [0, 0.05) is 5.56 Å². The van der Waals surface area contributed by atoms with Gasteiger partial charge < -0.3 is 10.5 Å². The van der Waals surface area contributed by atoms with E-state index in [9.17, 15) is 9.59 Å². The lowest BCUT2D eigenvalue weighted by Crippen LogP contribution is -2.30. The third-order valence-corrected chi connectivity index (χ3v) is 2.29. The highest BCUT2D eigenvalue weighted by Crippen LogP contribution is 2.20. The smallest absolute Gasteiger partial charge is 0.258 e. The average Bonchev–Trinajstić information content (AvgIpc) is 2.20. The van der Waals surface area contributed by atoms with Crippen LogP contribution in [0, 0.1) is 6.92 Å². The number of Topliss-reactive ketones (excluding diaryl/α,β-unsaturated/α-hetero) is 1. The van der Waals surface area contributed by atoms with Crippen molar-refractivity contribution in [2.75, 3.05) is 0 Å². The number of rotatable bonds is 4. The van der Waals surface area contributed by atoms with Gasteiger partial charge in [0.2, 0.25) is 0 Å². The second-order valence-electron chi connectivity index (χ2n) is 3.70. The Hall–Kier alpha value is -1.84. The maximum Gasteiger partial charge on any atom is 0.258 e. The minimum absolute atomic E-state index is 0.00222.